The van der Waals surface area contributed by atoms with Crippen molar-refractivity contribution in [3.05, 3.63) is 54.1 Å². The Balaban J connectivity index is 2.09. The molecule has 1 aliphatic heterocycles. The minimum atomic E-state index is -3.92. The number of carbonyl (C=O) groups is 1. The summed E-state index contributed by atoms with van der Waals surface area (Å²) in [6.07, 6.45) is 4.11. The lowest BCUT2D eigenvalue weighted by molar-refractivity contribution is -0.113. The molecule has 0 atom stereocenters. The summed E-state index contributed by atoms with van der Waals surface area (Å²) >= 11 is 0. The van der Waals surface area contributed by atoms with Gasteiger partial charge in [0, 0.05) is 25.0 Å². The van der Waals surface area contributed by atoms with Crippen LogP contribution in [-0.4, -0.2) is 40.8 Å². The molecule has 3 rings (SSSR count). The molecule has 9 heteroatoms. The standard InChI is InChI=1S/C14H12N4O4S/c1-18-12(14(20)17-11-8-15-6-7-16-11)13(19)9-4-2-3-5-10(9)23(18,21)22/h2-8,19H,1H3,(H,16,17,20). The largest absolute Gasteiger partial charge is 0.505 e. The second kappa shape index (κ2) is 5.36. The Labute approximate surface area is 132 Å². The molecule has 0 saturated heterocycles. The van der Waals surface area contributed by atoms with Crippen molar-refractivity contribution in [1.29, 1.82) is 0 Å². The number of nitrogens with zero attached hydrogens (tertiary/aromatic N) is 3. The molecular formula is C14H12N4O4S. The fraction of sp³-hybridized carbons (Fsp3) is 0.0714. The lowest BCUT2D eigenvalue weighted by atomic mass is 10.1. The molecule has 1 amide bonds. The molecule has 0 unspecified atom stereocenters. The summed E-state index contributed by atoms with van der Waals surface area (Å²) in [7, 11) is -2.72. The Morgan fingerprint density at radius 3 is 2.70 bits per heavy atom. The number of hydrogen-bond acceptors (Lipinski definition) is 6. The second-order valence-corrected chi connectivity index (χ2v) is 6.65. The minimum absolute atomic E-state index is 0.0592. The van der Waals surface area contributed by atoms with Gasteiger partial charge in [0.05, 0.1) is 11.1 Å². The minimum Gasteiger partial charge on any atom is -0.505 e. The Morgan fingerprint density at radius 1 is 1.26 bits per heavy atom. The fourth-order valence-electron chi connectivity index (χ4n) is 2.22. The van der Waals surface area contributed by atoms with Gasteiger partial charge < -0.3 is 10.4 Å². The van der Waals surface area contributed by atoms with Gasteiger partial charge >= 0.3 is 0 Å². The van der Waals surface area contributed by atoms with Crippen LogP contribution in [0, 0.1) is 0 Å². The van der Waals surface area contributed by atoms with E-state index in [1.165, 1.54) is 37.8 Å². The lowest BCUT2D eigenvalue weighted by Gasteiger charge is -2.28. The van der Waals surface area contributed by atoms with Crippen LogP contribution >= 0.6 is 0 Å². The van der Waals surface area contributed by atoms with Crippen LogP contribution in [0.25, 0.3) is 5.76 Å². The maximum atomic E-state index is 12.5. The maximum absolute atomic E-state index is 12.5. The normalized spacial score (nSPS) is 16.0. The lowest BCUT2D eigenvalue weighted by Crippen LogP contribution is -2.37. The molecule has 0 radical (unpaired) electrons. The number of rotatable bonds is 2. The van der Waals surface area contributed by atoms with Crippen LogP contribution in [0.3, 0.4) is 0 Å². The van der Waals surface area contributed by atoms with E-state index in [0.29, 0.717) is 0 Å². The number of likely N-dealkylation sites (N-methyl/N-ethyl adjacent to an activating group) is 1. The van der Waals surface area contributed by atoms with Crippen LogP contribution in [0.5, 0.6) is 0 Å². The van der Waals surface area contributed by atoms with Gasteiger partial charge in [-0.3, -0.25) is 14.1 Å². The van der Waals surface area contributed by atoms with E-state index in [1.54, 1.807) is 12.1 Å². The van der Waals surface area contributed by atoms with E-state index in [9.17, 15) is 18.3 Å². The molecule has 0 bridgehead atoms. The van der Waals surface area contributed by atoms with E-state index < -0.39 is 21.7 Å². The number of anilines is 1. The number of hydrogen-bond donors (Lipinski definition) is 2. The predicted octanol–water partition coefficient (Wildman–Crippen LogP) is 0.976. The number of aliphatic hydroxyl groups is 1. The Hall–Kier alpha value is -2.94. The second-order valence-electron chi connectivity index (χ2n) is 4.71. The summed E-state index contributed by atoms with van der Waals surface area (Å²) in [4.78, 5) is 20.0. The highest BCUT2D eigenvalue weighted by Crippen LogP contribution is 2.34. The smallest absolute Gasteiger partial charge is 0.278 e. The molecule has 1 aromatic carbocycles. The monoisotopic (exact) mass is 332 g/mol. The first-order chi connectivity index (χ1) is 10.9. The molecule has 2 N–H and O–H groups in total. The highest BCUT2D eigenvalue weighted by molar-refractivity contribution is 7.89. The number of aromatic nitrogens is 2. The first-order valence-corrected chi connectivity index (χ1v) is 7.96. The maximum Gasteiger partial charge on any atom is 0.278 e. The van der Waals surface area contributed by atoms with E-state index in [4.69, 9.17) is 0 Å². The van der Waals surface area contributed by atoms with E-state index in [0.717, 1.165) is 4.31 Å². The van der Waals surface area contributed by atoms with E-state index in [2.05, 4.69) is 15.3 Å². The third kappa shape index (κ3) is 2.40. The third-order valence-corrected chi connectivity index (χ3v) is 5.16. The Morgan fingerprint density at radius 2 is 2.00 bits per heavy atom. The Bertz CT molecular complexity index is 909. The average Bonchev–Trinajstić information content (AvgIpc) is 2.54. The summed E-state index contributed by atoms with van der Waals surface area (Å²) in [6.45, 7) is 0. The molecule has 1 aliphatic rings. The highest BCUT2D eigenvalue weighted by Gasteiger charge is 2.37. The number of aliphatic hydroxyl groups excluding tert-OH is 1. The Kier molecular flexibility index (Phi) is 3.49. The van der Waals surface area contributed by atoms with Gasteiger partial charge in [0.2, 0.25) is 0 Å². The summed E-state index contributed by atoms with van der Waals surface area (Å²) in [6, 6.07) is 5.93. The number of benzene rings is 1. The summed E-state index contributed by atoms with van der Waals surface area (Å²) in [5.41, 5.74) is -0.302. The zero-order valence-electron chi connectivity index (χ0n) is 12.0. The molecule has 2 heterocycles. The molecule has 0 aliphatic carbocycles. The van der Waals surface area contributed by atoms with Crippen molar-refractivity contribution >= 4 is 27.5 Å². The number of fused-ring (bicyclic) bond motifs is 1. The van der Waals surface area contributed by atoms with Crippen LogP contribution in [-0.2, 0) is 14.8 Å². The quantitative estimate of drug-likeness (QED) is 0.847. The van der Waals surface area contributed by atoms with Crippen molar-refractivity contribution in [3.63, 3.8) is 0 Å². The molecule has 8 nitrogen and oxygen atoms in total. The number of nitrogens with one attached hydrogen (secondary N) is 1. The summed E-state index contributed by atoms with van der Waals surface area (Å²) in [5.74, 6) is -1.08. The highest BCUT2D eigenvalue weighted by atomic mass is 32.2. The molecular weight excluding hydrogens is 320 g/mol. The molecule has 2 aromatic rings. The van der Waals surface area contributed by atoms with Crippen LogP contribution in [0.4, 0.5) is 5.82 Å². The molecule has 118 valence electrons. The molecule has 0 spiro atoms. The number of carbonyl (C=O) groups excluding carboxylic acids is 1. The molecule has 23 heavy (non-hydrogen) atoms. The van der Waals surface area contributed by atoms with Gasteiger partial charge in [-0.15, -0.1) is 0 Å². The topological polar surface area (TPSA) is 112 Å². The van der Waals surface area contributed by atoms with Crippen molar-refractivity contribution in [2.75, 3.05) is 12.4 Å². The first-order valence-electron chi connectivity index (χ1n) is 6.52. The van der Waals surface area contributed by atoms with E-state index >= 15 is 0 Å². The molecule has 0 saturated carbocycles. The third-order valence-electron chi connectivity index (χ3n) is 3.34. The SMILES string of the molecule is CN1C(C(=O)Nc2cnccn2)=C(O)c2ccccc2S1(=O)=O. The van der Waals surface area contributed by atoms with E-state index in [1.807, 2.05) is 0 Å². The van der Waals surface area contributed by atoms with Gasteiger partial charge in [-0.25, -0.2) is 13.4 Å². The van der Waals surface area contributed by atoms with Crippen LogP contribution in [0.15, 0.2) is 53.4 Å². The average molecular weight is 332 g/mol. The van der Waals surface area contributed by atoms with Crippen molar-refractivity contribution in [3.8, 4) is 0 Å². The zero-order valence-corrected chi connectivity index (χ0v) is 12.8. The van der Waals surface area contributed by atoms with Gasteiger partial charge in [-0.2, -0.15) is 0 Å². The summed E-state index contributed by atoms with van der Waals surface area (Å²) in [5, 5.41) is 12.8. The van der Waals surface area contributed by atoms with Crippen LogP contribution in [0.1, 0.15) is 5.56 Å². The fourth-order valence-corrected chi connectivity index (χ4v) is 3.62. The number of sulfonamides is 1. The predicted molar refractivity (Wildman–Crippen MR) is 81.6 cm³/mol. The van der Waals surface area contributed by atoms with Crippen molar-refractivity contribution in [1.82, 2.24) is 14.3 Å². The summed E-state index contributed by atoms with van der Waals surface area (Å²) < 4.78 is 25.7. The van der Waals surface area contributed by atoms with Crippen molar-refractivity contribution < 1.29 is 18.3 Å². The van der Waals surface area contributed by atoms with Crippen molar-refractivity contribution in [2.24, 2.45) is 0 Å². The van der Waals surface area contributed by atoms with Crippen LogP contribution < -0.4 is 5.32 Å². The van der Waals surface area contributed by atoms with Gasteiger partial charge in [0.1, 0.15) is 0 Å². The van der Waals surface area contributed by atoms with Gasteiger partial charge in [0.15, 0.2) is 17.3 Å². The van der Waals surface area contributed by atoms with Gasteiger partial charge in [0.25, 0.3) is 15.9 Å². The zero-order chi connectivity index (χ0) is 16.6. The van der Waals surface area contributed by atoms with E-state index in [-0.39, 0.29) is 22.0 Å². The number of amides is 1. The molecule has 0 fully saturated rings. The van der Waals surface area contributed by atoms with Gasteiger partial charge in [-0.05, 0) is 12.1 Å². The molecule has 1 aromatic heterocycles. The first kappa shape index (κ1) is 15.0. The van der Waals surface area contributed by atoms with Gasteiger partial charge in [-0.1, -0.05) is 12.1 Å². The van der Waals surface area contributed by atoms with Crippen LogP contribution in [0.2, 0.25) is 0 Å². The van der Waals surface area contributed by atoms with Crippen molar-refractivity contribution in [2.45, 2.75) is 4.90 Å².